The van der Waals surface area contributed by atoms with Crippen molar-refractivity contribution in [1.29, 1.82) is 0 Å². The van der Waals surface area contributed by atoms with Gasteiger partial charge in [0.1, 0.15) is 0 Å². The lowest BCUT2D eigenvalue weighted by atomic mass is 10.3. The van der Waals surface area contributed by atoms with Gasteiger partial charge < -0.3 is 5.11 Å². The molecule has 4 nitrogen and oxygen atoms in total. The van der Waals surface area contributed by atoms with Crippen molar-refractivity contribution in [2.24, 2.45) is 0 Å². The van der Waals surface area contributed by atoms with Crippen LogP contribution >= 0.6 is 27.3 Å². The fraction of sp³-hybridized carbons (Fsp3) is 0.583. The molecule has 1 aromatic rings. The SMILES string of the molecule is Cc1sc(CN2CCN(CC(=O)O)CC2)cc1Br. The van der Waals surface area contributed by atoms with Gasteiger partial charge in [0.05, 0.1) is 6.54 Å². The summed E-state index contributed by atoms with van der Waals surface area (Å²) in [6.45, 7) is 6.83. The number of carboxylic acids is 1. The highest BCUT2D eigenvalue weighted by Crippen LogP contribution is 2.27. The molecule has 0 bridgehead atoms. The van der Waals surface area contributed by atoms with E-state index in [4.69, 9.17) is 5.11 Å². The number of hydrogen-bond acceptors (Lipinski definition) is 4. The van der Waals surface area contributed by atoms with Gasteiger partial charge in [0.25, 0.3) is 0 Å². The Kier molecular flexibility index (Phi) is 4.77. The van der Waals surface area contributed by atoms with E-state index in [1.54, 1.807) is 0 Å². The molecule has 2 heterocycles. The van der Waals surface area contributed by atoms with Gasteiger partial charge in [-0.2, -0.15) is 0 Å². The van der Waals surface area contributed by atoms with Crippen LogP contribution in [-0.4, -0.2) is 53.6 Å². The van der Waals surface area contributed by atoms with Crippen LogP contribution in [0.4, 0.5) is 0 Å². The van der Waals surface area contributed by atoms with E-state index < -0.39 is 5.97 Å². The third kappa shape index (κ3) is 3.78. The summed E-state index contributed by atoms with van der Waals surface area (Å²) in [5, 5.41) is 8.74. The van der Waals surface area contributed by atoms with Crippen LogP contribution < -0.4 is 0 Å². The van der Waals surface area contributed by atoms with Crippen molar-refractivity contribution < 1.29 is 9.90 Å². The second-order valence-electron chi connectivity index (χ2n) is 4.56. The van der Waals surface area contributed by atoms with E-state index in [0.29, 0.717) is 0 Å². The number of nitrogens with zero attached hydrogens (tertiary/aromatic N) is 2. The molecule has 0 unspecified atom stereocenters. The summed E-state index contributed by atoms with van der Waals surface area (Å²) in [7, 11) is 0. The van der Waals surface area contributed by atoms with Gasteiger partial charge in [0.2, 0.25) is 0 Å². The van der Waals surface area contributed by atoms with Gasteiger partial charge in [0.15, 0.2) is 0 Å². The summed E-state index contributed by atoms with van der Waals surface area (Å²) in [5.41, 5.74) is 0. The molecule has 1 N–H and O–H groups in total. The Morgan fingerprint density at radius 3 is 2.50 bits per heavy atom. The maximum absolute atomic E-state index is 10.6. The highest BCUT2D eigenvalue weighted by Gasteiger charge is 2.19. The van der Waals surface area contributed by atoms with E-state index >= 15 is 0 Å². The highest BCUT2D eigenvalue weighted by molar-refractivity contribution is 9.10. The van der Waals surface area contributed by atoms with Crippen LogP contribution in [0.2, 0.25) is 0 Å². The van der Waals surface area contributed by atoms with Crippen LogP contribution in [-0.2, 0) is 11.3 Å². The Labute approximate surface area is 119 Å². The fourth-order valence-corrected chi connectivity index (χ4v) is 3.76. The number of halogens is 1. The number of carboxylic acid groups (broad SMARTS) is 1. The summed E-state index contributed by atoms with van der Waals surface area (Å²) in [6, 6.07) is 2.18. The van der Waals surface area contributed by atoms with Crippen molar-refractivity contribution >= 4 is 33.2 Å². The molecule has 1 aromatic heterocycles. The Hall–Kier alpha value is -0.430. The molecular formula is C12H17BrN2O2S. The monoisotopic (exact) mass is 332 g/mol. The number of aryl methyl sites for hydroxylation is 1. The van der Waals surface area contributed by atoms with Gasteiger partial charge in [-0.15, -0.1) is 11.3 Å². The van der Waals surface area contributed by atoms with Crippen molar-refractivity contribution in [3.05, 3.63) is 20.3 Å². The molecule has 18 heavy (non-hydrogen) atoms. The topological polar surface area (TPSA) is 43.8 Å². The van der Waals surface area contributed by atoms with Crippen LogP contribution in [0, 0.1) is 6.92 Å². The number of rotatable bonds is 4. The molecule has 100 valence electrons. The Balaban J connectivity index is 1.81. The average Bonchev–Trinajstić information content (AvgIpc) is 2.60. The van der Waals surface area contributed by atoms with Gasteiger partial charge in [-0.3, -0.25) is 14.6 Å². The van der Waals surface area contributed by atoms with E-state index in [1.165, 1.54) is 14.2 Å². The molecule has 0 radical (unpaired) electrons. The molecule has 1 fully saturated rings. The molecular weight excluding hydrogens is 316 g/mol. The first kappa shape index (κ1) is 14.0. The normalized spacial score (nSPS) is 18.1. The maximum Gasteiger partial charge on any atom is 0.317 e. The van der Waals surface area contributed by atoms with E-state index in [0.717, 1.165) is 32.7 Å². The Morgan fingerprint density at radius 2 is 2.00 bits per heavy atom. The first-order valence-electron chi connectivity index (χ1n) is 5.96. The third-order valence-corrected chi connectivity index (χ3v) is 5.23. The Morgan fingerprint density at radius 1 is 1.39 bits per heavy atom. The molecule has 6 heteroatoms. The Bertz CT molecular complexity index is 408. The quantitative estimate of drug-likeness (QED) is 0.916. The minimum absolute atomic E-state index is 0.164. The molecule has 2 rings (SSSR count). The maximum atomic E-state index is 10.6. The molecule has 0 spiro atoms. The summed E-state index contributed by atoms with van der Waals surface area (Å²) < 4.78 is 1.19. The van der Waals surface area contributed by atoms with E-state index in [2.05, 4.69) is 33.8 Å². The van der Waals surface area contributed by atoms with Crippen molar-refractivity contribution in [3.63, 3.8) is 0 Å². The highest BCUT2D eigenvalue weighted by atomic mass is 79.9. The number of thiophene rings is 1. The predicted molar refractivity (Wildman–Crippen MR) is 76.1 cm³/mol. The summed E-state index contributed by atoms with van der Waals surface area (Å²) in [6.07, 6.45) is 0. The summed E-state index contributed by atoms with van der Waals surface area (Å²) in [5.74, 6) is -0.735. The van der Waals surface area contributed by atoms with Crippen LogP contribution in [0.1, 0.15) is 9.75 Å². The lowest BCUT2D eigenvalue weighted by Gasteiger charge is -2.33. The second-order valence-corrected chi connectivity index (χ2v) is 6.76. The predicted octanol–water partition coefficient (Wildman–Crippen LogP) is 2.02. The molecule has 0 aromatic carbocycles. The molecule has 1 saturated heterocycles. The van der Waals surface area contributed by atoms with Gasteiger partial charge in [-0.1, -0.05) is 0 Å². The van der Waals surface area contributed by atoms with Gasteiger partial charge >= 0.3 is 5.97 Å². The molecule has 0 aliphatic carbocycles. The van der Waals surface area contributed by atoms with Gasteiger partial charge in [-0.25, -0.2) is 0 Å². The zero-order chi connectivity index (χ0) is 13.1. The van der Waals surface area contributed by atoms with E-state index in [9.17, 15) is 4.79 Å². The first-order valence-corrected chi connectivity index (χ1v) is 7.57. The van der Waals surface area contributed by atoms with Crippen molar-refractivity contribution in [2.45, 2.75) is 13.5 Å². The molecule has 1 aliphatic heterocycles. The largest absolute Gasteiger partial charge is 0.480 e. The van der Waals surface area contributed by atoms with Crippen molar-refractivity contribution in [3.8, 4) is 0 Å². The van der Waals surface area contributed by atoms with Crippen LogP contribution in [0.5, 0.6) is 0 Å². The zero-order valence-corrected chi connectivity index (χ0v) is 12.8. The molecule has 0 amide bonds. The zero-order valence-electron chi connectivity index (χ0n) is 10.4. The smallest absolute Gasteiger partial charge is 0.317 e. The minimum atomic E-state index is -0.735. The number of hydrogen-bond donors (Lipinski definition) is 1. The second kappa shape index (κ2) is 6.14. The standard InChI is InChI=1S/C12H17BrN2O2S/c1-9-11(13)6-10(18-9)7-14-2-4-15(5-3-14)8-12(16)17/h6H,2-5,7-8H2,1H3,(H,16,17). The minimum Gasteiger partial charge on any atom is -0.480 e. The van der Waals surface area contributed by atoms with Gasteiger partial charge in [0, 0.05) is 47.0 Å². The summed E-state index contributed by atoms with van der Waals surface area (Å²) >= 11 is 5.36. The van der Waals surface area contributed by atoms with Crippen LogP contribution in [0.25, 0.3) is 0 Å². The molecule has 0 atom stereocenters. The first-order chi connectivity index (χ1) is 8.54. The van der Waals surface area contributed by atoms with E-state index in [-0.39, 0.29) is 6.54 Å². The van der Waals surface area contributed by atoms with Crippen molar-refractivity contribution in [2.75, 3.05) is 32.7 Å². The van der Waals surface area contributed by atoms with Crippen molar-refractivity contribution in [1.82, 2.24) is 9.80 Å². The summed E-state index contributed by atoms with van der Waals surface area (Å²) in [4.78, 5) is 17.7. The average molecular weight is 333 g/mol. The lowest BCUT2D eigenvalue weighted by molar-refractivity contribution is -0.138. The van der Waals surface area contributed by atoms with E-state index in [1.807, 2.05) is 16.2 Å². The lowest BCUT2D eigenvalue weighted by Crippen LogP contribution is -2.47. The number of aliphatic carboxylic acids is 1. The third-order valence-electron chi connectivity index (χ3n) is 3.11. The van der Waals surface area contributed by atoms with Crippen LogP contribution in [0.15, 0.2) is 10.5 Å². The van der Waals surface area contributed by atoms with Crippen LogP contribution in [0.3, 0.4) is 0 Å². The van der Waals surface area contributed by atoms with Gasteiger partial charge in [-0.05, 0) is 28.9 Å². The number of carbonyl (C=O) groups is 1. The number of piperazine rings is 1. The molecule has 1 aliphatic rings. The molecule has 0 saturated carbocycles. The fourth-order valence-electron chi connectivity index (χ4n) is 2.11.